The molecule has 0 radical (unpaired) electrons. The van der Waals surface area contributed by atoms with Crippen molar-refractivity contribution in [2.45, 2.75) is 6.92 Å². The third kappa shape index (κ3) is 1.98. The van der Waals surface area contributed by atoms with Crippen molar-refractivity contribution in [2.75, 3.05) is 0 Å². The Kier molecular flexibility index (Phi) is 3.11. The van der Waals surface area contributed by atoms with E-state index in [-0.39, 0.29) is 0 Å². The number of carbonyl (C=O) groups is 1. The molecule has 0 aliphatic carbocycles. The number of primary amides is 1. The van der Waals surface area contributed by atoms with Gasteiger partial charge < -0.3 is 5.73 Å². The summed E-state index contributed by atoms with van der Waals surface area (Å²) in [7, 11) is 0. The first-order chi connectivity index (χ1) is 5.52. The van der Waals surface area contributed by atoms with E-state index in [1.807, 2.05) is 6.92 Å². The fraction of sp³-hybridized carbons (Fsp3) is 0.125. The Bertz CT molecular complexity index is 315. The zero-order chi connectivity index (χ0) is 9.30. The molecule has 0 bridgehead atoms. The van der Waals surface area contributed by atoms with Crippen LogP contribution in [0.25, 0.3) is 0 Å². The lowest BCUT2D eigenvalue weighted by Crippen LogP contribution is -2.11. The highest BCUT2D eigenvalue weighted by atomic mass is 127. The van der Waals surface area contributed by atoms with Gasteiger partial charge >= 0.3 is 0 Å². The van der Waals surface area contributed by atoms with E-state index in [2.05, 4.69) is 38.5 Å². The summed E-state index contributed by atoms with van der Waals surface area (Å²) in [5.41, 5.74) is 6.74. The van der Waals surface area contributed by atoms with Crippen LogP contribution in [-0.4, -0.2) is 5.91 Å². The Morgan fingerprint density at radius 2 is 2.17 bits per heavy atom. The summed E-state index contributed by atoms with van der Waals surface area (Å²) in [5.74, 6) is -0.393. The van der Waals surface area contributed by atoms with E-state index >= 15 is 0 Å². The van der Waals surface area contributed by atoms with Crippen LogP contribution in [-0.2, 0) is 0 Å². The average Bonchev–Trinajstić information content (AvgIpc) is 1.99. The molecule has 2 N–H and O–H groups in total. The second-order valence-electron chi connectivity index (χ2n) is 2.45. The molecule has 2 nitrogen and oxygen atoms in total. The van der Waals surface area contributed by atoms with Gasteiger partial charge in [0.15, 0.2) is 0 Å². The molecule has 0 atom stereocenters. The normalized spacial score (nSPS) is 9.92. The highest BCUT2D eigenvalue weighted by Gasteiger charge is 2.06. The monoisotopic (exact) mass is 339 g/mol. The standard InChI is InChI=1S/C8H7BrINO/c1-4-2-5(8(11)12)3-6(9)7(4)10/h2-3H,1H3,(H2,11,12). The number of rotatable bonds is 1. The van der Waals surface area contributed by atoms with Crippen LogP contribution in [0, 0.1) is 10.5 Å². The van der Waals surface area contributed by atoms with E-state index in [9.17, 15) is 4.79 Å². The molecule has 0 saturated heterocycles. The van der Waals surface area contributed by atoms with E-state index in [4.69, 9.17) is 5.73 Å². The van der Waals surface area contributed by atoms with E-state index in [0.717, 1.165) is 13.6 Å². The highest BCUT2D eigenvalue weighted by Crippen LogP contribution is 2.23. The van der Waals surface area contributed by atoms with Gasteiger partial charge in [-0.1, -0.05) is 0 Å². The maximum absolute atomic E-state index is 10.8. The van der Waals surface area contributed by atoms with Crippen molar-refractivity contribution in [3.8, 4) is 0 Å². The quantitative estimate of drug-likeness (QED) is 0.785. The Morgan fingerprint density at radius 1 is 1.58 bits per heavy atom. The molecule has 0 spiro atoms. The number of halogens is 2. The highest BCUT2D eigenvalue weighted by molar-refractivity contribution is 14.1. The molecule has 1 amide bonds. The zero-order valence-corrected chi connectivity index (χ0v) is 10.1. The number of carbonyl (C=O) groups excluding carboxylic acids is 1. The first-order valence-corrected chi connectivity index (χ1v) is 5.15. The molecule has 1 rings (SSSR count). The van der Waals surface area contributed by atoms with Crippen LogP contribution in [0.1, 0.15) is 15.9 Å². The van der Waals surface area contributed by atoms with Crippen molar-refractivity contribution in [1.82, 2.24) is 0 Å². The number of hydrogen-bond donors (Lipinski definition) is 1. The fourth-order valence-electron chi connectivity index (χ4n) is 0.869. The largest absolute Gasteiger partial charge is 0.366 e. The molecular weight excluding hydrogens is 333 g/mol. The minimum Gasteiger partial charge on any atom is -0.366 e. The summed E-state index contributed by atoms with van der Waals surface area (Å²) in [6.45, 7) is 1.94. The van der Waals surface area contributed by atoms with E-state index < -0.39 is 5.91 Å². The molecule has 4 heteroatoms. The first kappa shape index (κ1) is 9.98. The van der Waals surface area contributed by atoms with Crippen LogP contribution in [0.5, 0.6) is 0 Å². The molecule has 64 valence electrons. The van der Waals surface area contributed by atoms with Gasteiger partial charge in [-0.2, -0.15) is 0 Å². The van der Waals surface area contributed by atoms with Crippen LogP contribution in [0.3, 0.4) is 0 Å². The fourth-order valence-corrected chi connectivity index (χ4v) is 1.74. The van der Waals surface area contributed by atoms with E-state index in [0.29, 0.717) is 5.56 Å². The van der Waals surface area contributed by atoms with Gasteiger partial charge in [-0.15, -0.1) is 0 Å². The molecule has 12 heavy (non-hydrogen) atoms. The predicted molar refractivity (Wildman–Crippen MR) is 60.1 cm³/mol. The van der Waals surface area contributed by atoms with Gasteiger partial charge in [0.25, 0.3) is 0 Å². The van der Waals surface area contributed by atoms with Crippen LogP contribution < -0.4 is 5.73 Å². The molecule has 1 aromatic rings. The van der Waals surface area contributed by atoms with Gasteiger partial charge in [-0.05, 0) is 63.1 Å². The van der Waals surface area contributed by atoms with Crippen molar-refractivity contribution < 1.29 is 4.79 Å². The summed E-state index contributed by atoms with van der Waals surface area (Å²) in [6, 6.07) is 3.52. The molecule has 0 saturated carbocycles. The molecule has 0 unspecified atom stereocenters. The van der Waals surface area contributed by atoms with E-state index in [1.54, 1.807) is 12.1 Å². The van der Waals surface area contributed by atoms with Crippen molar-refractivity contribution in [3.63, 3.8) is 0 Å². The summed E-state index contributed by atoms with van der Waals surface area (Å²) >= 11 is 5.56. The van der Waals surface area contributed by atoms with Gasteiger partial charge in [0, 0.05) is 13.6 Å². The number of hydrogen-bond acceptors (Lipinski definition) is 1. The van der Waals surface area contributed by atoms with Crippen LogP contribution in [0.4, 0.5) is 0 Å². The topological polar surface area (TPSA) is 43.1 Å². The van der Waals surface area contributed by atoms with Gasteiger partial charge in [0.2, 0.25) is 5.91 Å². The third-order valence-electron chi connectivity index (χ3n) is 1.49. The smallest absolute Gasteiger partial charge is 0.248 e. The molecular formula is C8H7BrINO. The minimum atomic E-state index is -0.393. The van der Waals surface area contributed by atoms with E-state index in [1.165, 1.54) is 0 Å². The Labute approximate surface area is 92.8 Å². The maximum atomic E-state index is 10.8. The Hall–Kier alpha value is -0.1000. The van der Waals surface area contributed by atoms with Crippen molar-refractivity contribution in [3.05, 3.63) is 31.3 Å². The van der Waals surface area contributed by atoms with Gasteiger partial charge in [0.05, 0.1) is 0 Å². The zero-order valence-electron chi connectivity index (χ0n) is 6.40. The van der Waals surface area contributed by atoms with Crippen molar-refractivity contribution in [2.24, 2.45) is 5.73 Å². The third-order valence-corrected chi connectivity index (χ3v) is 4.29. The lowest BCUT2D eigenvalue weighted by molar-refractivity contribution is 0.1000. The molecule has 0 aliphatic rings. The van der Waals surface area contributed by atoms with Crippen LogP contribution in [0.2, 0.25) is 0 Å². The molecule has 0 heterocycles. The van der Waals surface area contributed by atoms with Crippen molar-refractivity contribution >= 4 is 44.4 Å². The van der Waals surface area contributed by atoms with Crippen LogP contribution in [0.15, 0.2) is 16.6 Å². The lowest BCUT2D eigenvalue weighted by Gasteiger charge is -2.03. The second-order valence-corrected chi connectivity index (χ2v) is 4.39. The SMILES string of the molecule is Cc1cc(C(N)=O)cc(Br)c1I. The van der Waals surface area contributed by atoms with Gasteiger partial charge in [-0.3, -0.25) is 4.79 Å². The van der Waals surface area contributed by atoms with Crippen LogP contribution >= 0.6 is 38.5 Å². The van der Waals surface area contributed by atoms with Gasteiger partial charge in [-0.25, -0.2) is 0 Å². The molecule has 0 aliphatic heterocycles. The molecule has 0 aromatic heterocycles. The Balaban J connectivity index is 3.31. The Morgan fingerprint density at radius 3 is 2.58 bits per heavy atom. The summed E-state index contributed by atoms with van der Waals surface area (Å²) < 4.78 is 2.02. The summed E-state index contributed by atoms with van der Waals surface area (Å²) in [4.78, 5) is 10.8. The average molecular weight is 340 g/mol. The molecule has 1 aromatic carbocycles. The summed E-state index contributed by atoms with van der Waals surface area (Å²) in [6.07, 6.45) is 0. The minimum absolute atomic E-state index is 0.393. The second kappa shape index (κ2) is 3.74. The predicted octanol–water partition coefficient (Wildman–Crippen LogP) is 2.46. The lowest BCUT2D eigenvalue weighted by atomic mass is 10.1. The summed E-state index contributed by atoms with van der Waals surface area (Å²) in [5, 5.41) is 0. The first-order valence-electron chi connectivity index (χ1n) is 3.28. The van der Waals surface area contributed by atoms with Crippen molar-refractivity contribution in [1.29, 1.82) is 0 Å². The number of amides is 1. The maximum Gasteiger partial charge on any atom is 0.248 e. The van der Waals surface area contributed by atoms with Gasteiger partial charge in [0.1, 0.15) is 0 Å². The number of benzene rings is 1. The number of aryl methyl sites for hydroxylation is 1. The number of nitrogens with two attached hydrogens (primary N) is 1. The molecule has 0 fully saturated rings.